The topological polar surface area (TPSA) is 46.4 Å². The molecule has 3 rings (SSSR count). The highest BCUT2D eigenvalue weighted by Crippen LogP contribution is 2.12. The van der Waals surface area contributed by atoms with Crippen LogP contribution in [0.4, 0.5) is 0 Å². The molecule has 4 nitrogen and oxygen atoms in total. The second-order valence-corrected chi connectivity index (χ2v) is 5.53. The molecule has 0 unspecified atom stereocenters. The predicted molar refractivity (Wildman–Crippen MR) is 81.0 cm³/mol. The van der Waals surface area contributed by atoms with E-state index in [1.807, 2.05) is 23.6 Å². The molecule has 1 atom stereocenters. The summed E-state index contributed by atoms with van der Waals surface area (Å²) in [6.07, 6.45) is 1.75. The lowest BCUT2D eigenvalue weighted by Crippen LogP contribution is -2.21. The zero-order valence-corrected chi connectivity index (χ0v) is 11.9. The first kappa shape index (κ1) is 13.0. The molecular weight excluding hydrogens is 270 g/mol. The minimum atomic E-state index is -0.0274. The molecule has 102 valence electrons. The van der Waals surface area contributed by atoms with Gasteiger partial charge in [-0.15, -0.1) is 11.3 Å². The standard InChI is InChI=1S/C15H15N3OS/c1-11(12-5-3-2-4-6-12)16-10-13-9-14(19)18-7-8-20-15(18)17-13/h2-9,11,16H,10H2,1H3/t11-/m0/s1. The van der Waals surface area contributed by atoms with Crippen molar-refractivity contribution in [2.24, 2.45) is 0 Å². The van der Waals surface area contributed by atoms with Gasteiger partial charge in [0.15, 0.2) is 4.96 Å². The normalized spacial score (nSPS) is 12.7. The van der Waals surface area contributed by atoms with Crippen LogP contribution < -0.4 is 10.9 Å². The van der Waals surface area contributed by atoms with E-state index in [0.717, 1.165) is 10.7 Å². The van der Waals surface area contributed by atoms with Crippen LogP contribution in [0.15, 0.2) is 52.8 Å². The van der Waals surface area contributed by atoms with E-state index in [-0.39, 0.29) is 11.6 Å². The number of hydrogen-bond donors (Lipinski definition) is 1. The van der Waals surface area contributed by atoms with E-state index in [1.165, 1.54) is 16.9 Å². The van der Waals surface area contributed by atoms with E-state index in [2.05, 4.69) is 29.4 Å². The van der Waals surface area contributed by atoms with E-state index in [0.29, 0.717) is 6.54 Å². The highest BCUT2D eigenvalue weighted by molar-refractivity contribution is 7.15. The fraction of sp³-hybridized carbons (Fsp3) is 0.200. The molecule has 3 aromatic rings. The highest BCUT2D eigenvalue weighted by atomic mass is 32.1. The first-order valence-corrected chi connectivity index (χ1v) is 7.36. The highest BCUT2D eigenvalue weighted by Gasteiger charge is 2.07. The third-order valence-corrected chi connectivity index (χ3v) is 4.00. The third kappa shape index (κ3) is 2.64. The van der Waals surface area contributed by atoms with Crippen LogP contribution >= 0.6 is 11.3 Å². The maximum atomic E-state index is 11.9. The number of rotatable bonds is 4. The van der Waals surface area contributed by atoms with E-state index < -0.39 is 0 Å². The second-order valence-electron chi connectivity index (χ2n) is 4.65. The Morgan fingerprint density at radius 3 is 2.95 bits per heavy atom. The molecule has 0 saturated carbocycles. The Morgan fingerprint density at radius 1 is 1.35 bits per heavy atom. The lowest BCUT2D eigenvalue weighted by atomic mass is 10.1. The molecule has 0 aliphatic rings. The number of thiazole rings is 1. The quantitative estimate of drug-likeness (QED) is 0.801. The zero-order valence-electron chi connectivity index (χ0n) is 11.1. The summed E-state index contributed by atoms with van der Waals surface area (Å²) in [5.74, 6) is 0. The molecule has 1 N–H and O–H groups in total. The number of nitrogens with zero attached hydrogens (tertiary/aromatic N) is 2. The average Bonchev–Trinajstić information content (AvgIpc) is 2.94. The van der Waals surface area contributed by atoms with Crippen molar-refractivity contribution in [2.75, 3.05) is 0 Å². The van der Waals surface area contributed by atoms with Gasteiger partial charge in [-0.05, 0) is 12.5 Å². The van der Waals surface area contributed by atoms with Crippen molar-refractivity contribution in [2.45, 2.75) is 19.5 Å². The Bertz CT molecular complexity index is 763. The van der Waals surface area contributed by atoms with Crippen LogP contribution in [-0.2, 0) is 6.54 Å². The Morgan fingerprint density at radius 2 is 2.15 bits per heavy atom. The van der Waals surface area contributed by atoms with Gasteiger partial charge in [-0.3, -0.25) is 9.20 Å². The van der Waals surface area contributed by atoms with Crippen LogP contribution in [-0.4, -0.2) is 9.38 Å². The monoisotopic (exact) mass is 285 g/mol. The van der Waals surface area contributed by atoms with Crippen LogP contribution in [0.1, 0.15) is 24.2 Å². The number of benzene rings is 1. The van der Waals surface area contributed by atoms with Crippen LogP contribution in [0.5, 0.6) is 0 Å². The van der Waals surface area contributed by atoms with Crippen molar-refractivity contribution in [1.82, 2.24) is 14.7 Å². The summed E-state index contributed by atoms with van der Waals surface area (Å²) in [7, 11) is 0. The van der Waals surface area contributed by atoms with Gasteiger partial charge in [0, 0.05) is 30.2 Å². The van der Waals surface area contributed by atoms with Crippen molar-refractivity contribution in [3.63, 3.8) is 0 Å². The van der Waals surface area contributed by atoms with Gasteiger partial charge >= 0.3 is 0 Å². The number of aromatic nitrogens is 2. The second kappa shape index (κ2) is 5.56. The molecular formula is C15H15N3OS. The lowest BCUT2D eigenvalue weighted by molar-refractivity contribution is 0.567. The molecule has 0 bridgehead atoms. The van der Waals surface area contributed by atoms with Crippen LogP contribution in [0, 0.1) is 0 Å². The molecule has 2 heterocycles. The number of nitrogens with one attached hydrogen (secondary N) is 1. The first-order chi connectivity index (χ1) is 9.74. The predicted octanol–water partition coefficient (Wildman–Crippen LogP) is 2.61. The molecule has 0 radical (unpaired) electrons. The largest absolute Gasteiger partial charge is 0.305 e. The summed E-state index contributed by atoms with van der Waals surface area (Å²) in [5.41, 5.74) is 1.97. The molecule has 0 aliphatic carbocycles. The Kier molecular flexibility index (Phi) is 3.62. The molecule has 0 saturated heterocycles. The van der Waals surface area contributed by atoms with Crippen LogP contribution in [0.25, 0.3) is 4.96 Å². The third-order valence-electron chi connectivity index (χ3n) is 3.25. The van der Waals surface area contributed by atoms with Gasteiger partial charge in [-0.1, -0.05) is 30.3 Å². The van der Waals surface area contributed by atoms with E-state index >= 15 is 0 Å². The molecule has 0 amide bonds. The molecule has 20 heavy (non-hydrogen) atoms. The van der Waals surface area contributed by atoms with Gasteiger partial charge in [-0.25, -0.2) is 4.98 Å². The number of fused-ring (bicyclic) bond motifs is 1. The summed E-state index contributed by atoms with van der Waals surface area (Å²) in [5, 5.41) is 5.26. The van der Waals surface area contributed by atoms with Crippen LogP contribution in [0.2, 0.25) is 0 Å². The Balaban J connectivity index is 1.75. The van der Waals surface area contributed by atoms with Crippen molar-refractivity contribution in [3.8, 4) is 0 Å². The van der Waals surface area contributed by atoms with Gasteiger partial charge in [0.25, 0.3) is 5.56 Å². The van der Waals surface area contributed by atoms with Crippen LogP contribution in [0.3, 0.4) is 0 Å². The molecule has 2 aromatic heterocycles. The summed E-state index contributed by atoms with van der Waals surface area (Å²) in [6.45, 7) is 2.69. The van der Waals surface area contributed by atoms with E-state index in [1.54, 1.807) is 16.7 Å². The minimum absolute atomic E-state index is 0.0274. The molecule has 0 spiro atoms. The smallest absolute Gasteiger partial charge is 0.258 e. The first-order valence-electron chi connectivity index (χ1n) is 6.48. The van der Waals surface area contributed by atoms with E-state index in [9.17, 15) is 4.79 Å². The van der Waals surface area contributed by atoms with Gasteiger partial charge in [-0.2, -0.15) is 0 Å². The number of hydrogen-bond acceptors (Lipinski definition) is 4. The van der Waals surface area contributed by atoms with Gasteiger partial charge in [0.05, 0.1) is 5.69 Å². The summed E-state index contributed by atoms with van der Waals surface area (Å²) < 4.78 is 1.56. The summed E-state index contributed by atoms with van der Waals surface area (Å²) in [4.78, 5) is 17.1. The summed E-state index contributed by atoms with van der Waals surface area (Å²) >= 11 is 1.47. The SMILES string of the molecule is C[C@H](NCc1cc(=O)n2ccsc2n1)c1ccccc1. The summed E-state index contributed by atoms with van der Waals surface area (Å²) in [6, 6.07) is 12.0. The fourth-order valence-electron chi connectivity index (χ4n) is 2.10. The van der Waals surface area contributed by atoms with Gasteiger partial charge < -0.3 is 5.32 Å². The van der Waals surface area contributed by atoms with Crippen molar-refractivity contribution in [1.29, 1.82) is 0 Å². The van der Waals surface area contributed by atoms with Crippen molar-refractivity contribution >= 4 is 16.3 Å². The maximum absolute atomic E-state index is 11.9. The molecule has 0 fully saturated rings. The van der Waals surface area contributed by atoms with E-state index in [4.69, 9.17) is 0 Å². The van der Waals surface area contributed by atoms with Crippen molar-refractivity contribution < 1.29 is 0 Å². The average molecular weight is 285 g/mol. The van der Waals surface area contributed by atoms with Gasteiger partial charge in [0.1, 0.15) is 0 Å². The van der Waals surface area contributed by atoms with Gasteiger partial charge in [0.2, 0.25) is 0 Å². The molecule has 5 heteroatoms. The minimum Gasteiger partial charge on any atom is -0.305 e. The molecule has 0 aliphatic heterocycles. The maximum Gasteiger partial charge on any atom is 0.258 e. The Hall–Kier alpha value is -1.98. The Labute approximate surface area is 120 Å². The molecule has 1 aromatic carbocycles. The lowest BCUT2D eigenvalue weighted by Gasteiger charge is -2.13. The van der Waals surface area contributed by atoms with Crippen molar-refractivity contribution in [3.05, 3.63) is 69.6 Å². The zero-order chi connectivity index (χ0) is 13.9. The fourth-order valence-corrected chi connectivity index (χ4v) is 2.83.